The van der Waals surface area contributed by atoms with E-state index in [1.807, 2.05) is 52.0 Å². The summed E-state index contributed by atoms with van der Waals surface area (Å²) < 4.78 is 12.3. The molecular weight excluding hydrogens is 528 g/mol. The van der Waals surface area contributed by atoms with E-state index in [1.165, 1.54) is 6.20 Å². The van der Waals surface area contributed by atoms with Crippen LogP contribution in [0, 0.1) is 5.92 Å². The number of rotatable bonds is 6. The summed E-state index contributed by atoms with van der Waals surface area (Å²) in [6.07, 6.45) is 4.11. The SMILES string of the molecule is COC1C[C@@H](c2ccc3scnc3c2)N(C(=O)C(=O)Nc2cnc(CC(=O)OC(C)(C)C)c(C3CC3)c2)C[C@@H]1C. The van der Waals surface area contributed by atoms with E-state index in [1.54, 1.807) is 28.9 Å². The van der Waals surface area contributed by atoms with Gasteiger partial charge >= 0.3 is 17.8 Å². The number of carbonyl (C=O) groups is 3. The minimum Gasteiger partial charge on any atom is -0.460 e. The molecule has 1 saturated heterocycles. The van der Waals surface area contributed by atoms with Crippen LogP contribution in [0.25, 0.3) is 10.2 Å². The molecule has 2 fully saturated rings. The van der Waals surface area contributed by atoms with Gasteiger partial charge in [0.15, 0.2) is 0 Å². The zero-order valence-electron chi connectivity index (χ0n) is 23.6. The lowest BCUT2D eigenvalue weighted by atomic mass is 9.87. The van der Waals surface area contributed by atoms with Crippen LogP contribution >= 0.6 is 11.3 Å². The molecule has 212 valence electrons. The van der Waals surface area contributed by atoms with Crippen LogP contribution in [0.15, 0.2) is 36.0 Å². The Hall–Kier alpha value is -3.37. The van der Waals surface area contributed by atoms with Gasteiger partial charge in [0.2, 0.25) is 0 Å². The molecular formula is C30H36N4O5S. The summed E-state index contributed by atoms with van der Waals surface area (Å²) in [5.41, 5.74) is 5.02. The van der Waals surface area contributed by atoms with Gasteiger partial charge in [-0.3, -0.25) is 19.4 Å². The molecule has 10 heteroatoms. The summed E-state index contributed by atoms with van der Waals surface area (Å²) in [4.78, 5) is 49.9. The van der Waals surface area contributed by atoms with E-state index in [0.29, 0.717) is 24.3 Å². The van der Waals surface area contributed by atoms with Crippen LogP contribution in [0.5, 0.6) is 0 Å². The molecule has 1 aromatic carbocycles. The molecule has 1 N–H and O–H groups in total. The predicted octanol–water partition coefficient (Wildman–Crippen LogP) is 5.02. The zero-order valence-corrected chi connectivity index (χ0v) is 24.4. The van der Waals surface area contributed by atoms with Crippen LogP contribution in [0.2, 0.25) is 0 Å². The largest absolute Gasteiger partial charge is 0.460 e. The van der Waals surface area contributed by atoms with Gasteiger partial charge in [0.05, 0.1) is 51.9 Å². The number of fused-ring (bicyclic) bond motifs is 1. The van der Waals surface area contributed by atoms with E-state index in [9.17, 15) is 14.4 Å². The fraction of sp³-hybridized carbons (Fsp3) is 0.500. The summed E-state index contributed by atoms with van der Waals surface area (Å²) in [5, 5.41) is 2.77. The van der Waals surface area contributed by atoms with Crippen LogP contribution in [-0.2, 0) is 30.3 Å². The van der Waals surface area contributed by atoms with Crippen molar-refractivity contribution in [3.63, 3.8) is 0 Å². The van der Waals surface area contributed by atoms with E-state index in [2.05, 4.69) is 15.3 Å². The maximum Gasteiger partial charge on any atom is 0.313 e. The number of nitrogens with zero attached hydrogens (tertiary/aromatic N) is 3. The van der Waals surface area contributed by atoms with Crippen LogP contribution in [0.3, 0.4) is 0 Å². The molecule has 3 atom stereocenters. The fourth-order valence-electron chi connectivity index (χ4n) is 5.39. The molecule has 0 bridgehead atoms. The zero-order chi connectivity index (χ0) is 28.6. The van der Waals surface area contributed by atoms with Gasteiger partial charge in [-0.2, -0.15) is 0 Å². The van der Waals surface area contributed by atoms with Crippen molar-refractivity contribution in [3.8, 4) is 0 Å². The molecule has 5 rings (SSSR count). The first-order chi connectivity index (χ1) is 19.0. The van der Waals surface area contributed by atoms with Crippen molar-refractivity contribution in [2.45, 2.75) is 77.0 Å². The number of hydrogen-bond acceptors (Lipinski definition) is 8. The van der Waals surface area contributed by atoms with Crippen LogP contribution in [0.4, 0.5) is 5.69 Å². The molecule has 1 aliphatic carbocycles. The normalized spacial score (nSPS) is 21.3. The fourth-order valence-corrected chi connectivity index (χ4v) is 6.05. The number of anilines is 1. The Balaban J connectivity index is 1.34. The van der Waals surface area contributed by atoms with Gasteiger partial charge < -0.3 is 19.7 Å². The molecule has 2 amide bonds. The number of thiazole rings is 1. The van der Waals surface area contributed by atoms with E-state index in [0.717, 1.165) is 34.2 Å². The van der Waals surface area contributed by atoms with Gasteiger partial charge in [0, 0.05) is 19.6 Å². The summed E-state index contributed by atoms with van der Waals surface area (Å²) in [5.74, 6) is -1.31. The van der Waals surface area contributed by atoms with E-state index in [4.69, 9.17) is 9.47 Å². The van der Waals surface area contributed by atoms with Crippen LogP contribution in [-0.4, -0.2) is 58.0 Å². The van der Waals surface area contributed by atoms with E-state index in [-0.39, 0.29) is 36.4 Å². The molecule has 40 heavy (non-hydrogen) atoms. The van der Waals surface area contributed by atoms with Crippen molar-refractivity contribution in [2.24, 2.45) is 5.92 Å². The summed E-state index contributed by atoms with van der Waals surface area (Å²) >= 11 is 1.56. The van der Waals surface area contributed by atoms with Crippen molar-refractivity contribution in [1.29, 1.82) is 0 Å². The van der Waals surface area contributed by atoms with Gasteiger partial charge in [-0.05, 0) is 75.3 Å². The molecule has 2 aromatic heterocycles. The Labute approximate surface area is 238 Å². The lowest BCUT2D eigenvalue weighted by Gasteiger charge is -2.42. The van der Waals surface area contributed by atoms with E-state index < -0.39 is 17.4 Å². The van der Waals surface area contributed by atoms with Crippen LogP contribution < -0.4 is 5.32 Å². The highest BCUT2D eigenvalue weighted by Gasteiger charge is 2.39. The third-order valence-electron chi connectivity index (χ3n) is 7.46. The topological polar surface area (TPSA) is 111 Å². The maximum atomic E-state index is 13.6. The number of carbonyl (C=O) groups excluding carboxylic acids is 3. The molecule has 3 heterocycles. The number of amides is 2. The lowest BCUT2D eigenvalue weighted by molar-refractivity contribution is -0.154. The second-order valence-electron chi connectivity index (χ2n) is 11.8. The Bertz CT molecular complexity index is 1430. The predicted molar refractivity (Wildman–Crippen MR) is 153 cm³/mol. The second-order valence-corrected chi connectivity index (χ2v) is 12.7. The number of nitrogens with one attached hydrogen (secondary N) is 1. The summed E-state index contributed by atoms with van der Waals surface area (Å²) in [6.45, 7) is 7.91. The van der Waals surface area contributed by atoms with Crippen LogP contribution in [0.1, 0.15) is 75.7 Å². The Morgan fingerprint density at radius 1 is 1.15 bits per heavy atom. The Morgan fingerprint density at radius 2 is 1.93 bits per heavy atom. The van der Waals surface area contributed by atoms with E-state index >= 15 is 0 Å². The van der Waals surface area contributed by atoms with Gasteiger partial charge in [-0.1, -0.05) is 13.0 Å². The van der Waals surface area contributed by atoms with Gasteiger partial charge in [-0.25, -0.2) is 4.98 Å². The summed E-state index contributed by atoms with van der Waals surface area (Å²) in [6, 6.07) is 7.52. The lowest BCUT2D eigenvalue weighted by Crippen LogP contribution is -2.50. The highest BCUT2D eigenvalue weighted by Crippen LogP contribution is 2.42. The molecule has 2 aliphatic rings. The number of methoxy groups -OCH3 is 1. The van der Waals surface area contributed by atoms with Crippen molar-refractivity contribution in [1.82, 2.24) is 14.9 Å². The van der Waals surface area contributed by atoms with Crippen molar-refractivity contribution < 1.29 is 23.9 Å². The molecule has 3 aromatic rings. The number of piperidine rings is 1. The van der Waals surface area contributed by atoms with Gasteiger partial charge in [0.1, 0.15) is 5.60 Å². The highest BCUT2D eigenvalue weighted by molar-refractivity contribution is 7.16. The number of aromatic nitrogens is 2. The minimum absolute atomic E-state index is 0.0361. The average Bonchev–Trinajstić information content (AvgIpc) is 3.64. The molecule has 1 aliphatic heterocycles. The van der Waals surface area contributed by atoms with Crippen molar-refractivity contribution in [2.75, 3.05) is 19.0 Å². The maximum absolute atomic E-state index is 13.6. The number of pyridine rings is 1. The molecule has 0 spiro atoms. The second kappa shape index (κ2) is 11.2. The monoisotopic (exact) mass is 564 g/mol. The average molecular weight is 565 g/mol. The Morgan fingerprint density at radius 3 is 2.62 bits per heavy atom. The number of likely N-dealkylation sites (tertiary alicyclic amines) is 1. The number of esters is 1. The number of benzene rings is 1. The minimum atomic E-state index is -0.716. The van der Waals surface area contributed by atoms with Crippen molar-refractivity contribution in [3.05, 3.63) is 52.8 Å². The number of ether oxygens (including phenoxy) is 2. The van der Waals surface area contributed by atoms with Gasteiger partial charge in [-0.15, -0.1) is 11.3 Å². The molecule has 1 saturated carbocycles. The smallest absolute Gasteiger partial charge is 0.313 e. The first kappa shape index (κ1) is 28.2. The first-order valence-corrected chi connectivity index (χ1v) is 14.6. The number of hydrogen-bond donors (Lipinski definition) is 1. The molecule has 9 nitrogen and oxygen atoms in total. The molecule has 1 unspecified atom stereocenters. The Kier molecular flexibility index (Phi) is 7.92. The molecule has 0 radical (unpaired) electrons. The quantitative estimate of drug-likeness (QED) is 0.331. The third-order valence-corrected chi connectivity index (χ3v) is 8.27. The first-order valence-electron chi connectivity index (χ1n) is 13.7. The standard InChI is InChI=1S/C30H36N4O5S/c1-17-15-34(24(13-25(17)38-5)19-8-9-26-23(10-19)32-16-40-26)29(37)28(36)33-20-11-21(18-6-7-18)22(31-14-20)12-27(35)39-30(2,3)4/h8-11,14,16-18,24-25H,6-7,12-13,15H2,1-5H3,(H,33,36)/t17-,24-,25?/m0/s1. The summed E-state index contributed by atoms with van der Waals surface area (Å²) in [7, 11) is 1.68. The third kappa shape index (κ3) is 6.33. The van der Waals surface area contributed by atoms with Crippen molar-refractivity contribution >= 4 is 45.0 Å². The highest BCUT2D eigenvalue weighted by atomic mass is 32.1. The van der Waals surface area contributed by atoms with Gasteiger partial charge in [0.25, 0.3) is 0 Å².